The van der Waals surface area contributed by atoms with Gasteiger partial charge in [-0.15, -0.1) is 0 Å². The largest absolute Gasteiger partial charge is 0.383 e. The number of rotatable bonds is 9. The van der Waals surface area contributed by atoms with Crippen LogP contribution in [-0.2, 0) is 4.74 Å². The number of thioether (sulfide) groups is 1. The standard InChI is InChI=1S/C14H30N2OS/c1-13(2)12-16(8-10-17-3)9-11-18-14-4-6-15-7-5-14/h13-15H,4-12H2,1-3H3. The molecule has 0 unspecified atom stereocenters. The van der Waals surface area contributed by atoms with Gasteiger partial charge in [0.15, 0.2) is 0 Å². The fourth-order valence-electron chi connectivity index (χ4n) is 2.34. The van der Waals surface area contributed by atoms with Gasteiger partial charge in [-0.3, -0.25) is 4.90 Å². The Balaban J connectivity index is 2.14. The van der Waals surface area contributed by atoms with Gasteiger partial charge in [-0.1, -0.05) is 13.8 Å². The van der Waals surface area contributed by atoms with Gasteiger partial charge in [0.1, 0.15) is 0 Å². The molecule has 0 amide bonds. The Hall–Kier alpha value is 0.230. The fraction of sp³-hybridized carbons (Fsp3) is 1.00. The molecule has 0 aliphatic carbocycles. The lowest BCUT2D eigenvalue weighted by Gasteiger charge is -2.26. The van der Waals surface area contributed by atoms with Gasteiger partial charge in [-0.2, -0.15) is 11.8 Å². The van der Waals surface area contributed by atoms with Crippen molar-refractivity contribution in [3.63, 3.8) is 0 Å². The molecule has 1 aliphatic rings. The zero-order chi connectivity index (χ0) is 13.2. The molecule has 1 fully saturated rings. The highest BCUT2D eigenvalue weighted by atomic mass is 32.2. The van der Waals surface area contributed by atoms with E-state index in [2.05, 4.69) is 35.8 Å². The summed E-state index contributed by atoms with van der Waals surface area (Å²) in [7, 11) is 1.79. The van der Waals surface area contributed by atoms with Crippen LogP contribution in [0, 0.1) is 5.92 Å². The summed E-state index contributed by atoms with van der Waals surface area (Å²) < 4.78 is 5.19. The second-order valence-electron chi connectivity index (χ2n) is 5.51. The van der Waals surface area contributed by atoms with Gasteiger partial charge < -0.3 is 10.1 Å². The van der Waals surface area contributed by atoms with Crippen molar-refractivity contribution in [1.82, 2.24) is 10.2 Å². The molecule has 0 bridgehead atoms. The number of ether oxygens (including phenoxy) is 1. The first-order valence-corrected chi connectivity index (χ1v) is 8.31. The highest BCUT2D eigenvalue weighted by molar-refractivity contribution is 7.99. The second-order valence-corrected chi connectivity index (χ2v) is 6.92. The van der Waals surface area contributed by atoms with Crippen molar-refractivity contribution in [2.75, 3.05) is 52.2 Å². The smallest absolute Gasteiger partial charge is 0.0589 e. The third-order valence-corrected chi connectivity index (χ3v) is 4.64. The third kappa shape index (κ3) is 7.62. The Morgan fingerprint density at radius 2 is 2.00 bits per heavy atom. The molecule has 1 heterocycles. The van der Waals surface area contributed by atoms with Crippen molar-refractivity contribution in [3.8, 4) is 0 Å². The van der Waals surface area contributed by atoms with Gasteiger partial charge in [0, 0.05) is 37.7 Å². The molecule has 1 rings (SSSR count). The first-order chi connectivity index (χ1) is 8.72. The number of piperidine rings is 1. The zero-order valence-electron chi connectivity index (χ0n) is 12.3. The highest BCUT2D eigenvalue weighted by Gasteiger charge is 2.14. The van der Waals surface area contributed by atoms with E-state index in [1.807, 2.05) is 0 Å². The van der Waals surface area contributed by atoms with E-state index >= 15 is 0 Å². The summed E-state index contributed by atoms with van der Waals surface area (Å²) in [5, 5.41) is 4.31. The molecule has 0 atom stereocenters. The number of methoxy groups -OCH3 is 1. The van der Waals surface area contributed by atoms with E-state index in [1.54, 1.807) is 7.11 Å². The summed E-state index contributed by atoms with van der Waals surface area (Å²) in [6, 6.07) is 0. The zero-order valence-corrected chi connectivity index (χ0v) is 13.1. The molecule has 18 heavy (non-hydrogen) atoms. The van der Waals surface area contributed by atoms with Crippen LogP contribution in [0.5, 0.6) is 0 Å². The fourth-order valence-corrected chi connectivity index (χ4v) is 3.61. The van der Waals surface area contributed by atoms with Gasteiger partial charge in [-0.05, 0) is 31.8 Å². The maximum absolute atomic E-state index is 5.19. The van der Waals surface area contributed by atoms with Crippen molar-refractivity contribution in [2.45, 2.75) is 31.9 Å². The van der Waals surface area contributed by atoms with Crippen molar-refractivity contribution in [2.24, 2.45) is 5.92 Å². The van der Waals surface area contributed by atoms with Gasteiger partial charge >= 0.3 is 0 Å². The Bertz CT molecular complexity index is 196. The summed E-state index contributed by atoms with van der Waals surface area (Å²) in [5.41, 5.74) is 0. The van der Waals surface area contributed by atoms with Gasteiger partial charge in [-0.25, -0.2) is 0 Å². The lowest BCUT2D eigenvalue weighted by molar-refractivity contribution is 0.144. The molecule has 1 aliphatic heterocycles. The molecule has 0 aromatic rings. The SMILES string of the molecule is COCCN(CCSC1CCNCC1)CC(C)C. The van der Waals surface area contributed by atoms with Crippen LogP contribution in [0.4, 0.5) is 0 Å². The second kappa shape index (κ2) is 10.1. The number of hydrogen-bond donors (Lipinski definition) is 1. The van der Waals surface area contributed by atoms with E-state index in [4.69, 9.17) is 4.74 Å². The van der Waals surface area contributed by atoms with Crippen LogP contribution in [-0.4, -0.2) is 62.3 Å². The van der Waals surface area contributed by atoms with Crippen LogP contribution in [0.2, 0.25) is 0 Å². The average molecular weight is 274 g/mol. The highest BCUT2D eigenvalue weighted by Crippen LogP contribution is 2.20. The Labute approximate surface area is 117 Å². The van der Waals surface area contributed by atoms with E-state index in [-0.39, 0.29) is 0 Å². The monoisotopic (exact) mass is 274 g/mol. The number of nitrogens with one attached hydrogen (secondary N) is 1. The first-order valence-electron chi connectivity index (χ1n) is 7.26. The minimum atomic E-state index is 0.741. The summed E-state index contributed by atoms with van der Waals surface area (Å²) in [6.45, 7) is 11.3. The van der Waals surface area contributed by atoms with E-state index in [1.165, 1.54) is 44.8 Å². The van der Waals surface area contributed by atoms with E-state index in [0.717, 1.165) is 24.3 Å². The average Bonchev–Trinajstić information content (AvgIpc) is 2.36. The summed E-state index contributed by atoms with van der Waals surface area (Å²) in [6.07, 6.45) is 2.68. The van der Waals surface area contributed by atoms with Crippen LogP contribution in [0.25, 0.3) is 0 Å². The van der Waals surface area contributed by atoms with Crippen LogP contribution in [0.1, 0.15) is 26.7 Å². The van der Waals surface area contributed by atoms with Gasteiger partial charge in [0.05, 0.1) is 6.61 Å². The van der Waals surface area contributed by atoms with Gasteiger partial charge in [0.25, 0.3) is 0 Å². The molecule has 3 nitrogen and oxygen atoms in total. The number of nitrogens with zero attached hydrogens (tertiary/aromatic N) is 1. The maximum atomic E-state index is 5.19. The maximum Gasteiger partial charge on any atom is 0.0589 e. The third-order valence-electron chi connectivity index (χ3n) is 3.28. The quantitative estimate of drug-likeness (QED) is 0.696. The van der Waals surface area contributed by atoms with E-state index < -0.39 is 0 Å². The molecule has 0 radical (unpaired) electrons. The molecule has 1 N–H and O–H groups in total. The molecule has 108 valence electrons. The molecule has 4 heteroatoms. The van der Waals surface area contributed by atoms with E-state index in [0.29, 0.717) is 0 Å². The molecule has 0 saturated carbocycles. The summed E-state index contributed by atoms with van der Waals surface area (Å²) >= 11 is 2.16. The molecule has 0 aromatic heterocycles. The predicted octanol–water partition coefficient (Wildman–Crippen LogP) is 2.08. The summed E-state index contributed by atoms with van der Waals surface area (Å²) in [5.74, 6) is 2.01. The molecule has 1 saturated heterocycles. The molecule has 0 aromatic carbocycles. The Kier molecular flexibility index (Phi) is 9.11. The van der Waals surface area contributed by atoms with Crippen LogP contribution in [0.3, 0.4) is 0 Å². The van der Waals surface area contributed by atoms with Crippen molar-refractivity contribution in [3.05, 3.63) is 0 Å². The molecule has 0 spiro atoms. The predicted molar refractivity (Wildman–Crippen MR) is 81.5 cm³/mol. The lowest BCUT2D eigenvalue weighted by atomic mass is 10.2. The van der Waals surface area contributed by atoms with Gasteiger partial charge in [0.2, 0.25) is 0 Å². The van der Waals surface area contributed by atoms with E-state index in [9.17, 15) is 0 Å². The lowest BCUT2D eigenvalue weighted by Crippen LogP contribution is -2.34. The Morgan fingerprint density at radius 1 is 1.28 bits per heavy atom. The van der Waals surface area contributed by atoms with Crippen molar-refractivity contribution in [1.29, 1.82) is 0 Å². The normalized spacial score (nSPS) is 17.8. The molecular weight excluding hydrogens is 244 g/mol. The van der Waals surface area contributed by atoms with Crippen molar-refractivity contribution >= 4 is 11.8 Å². The minimum Gasteiger partial charge on any atom is -0.383 e. The Morgan fingerprint density at radius 3 is 2.61 bits per heavy atom. The van der Waals surface area contributed by atoms with Crippen LogP contribution >= 0.6 is 11.8 Å². The van der Waals surface area contributed by atoms with Crippen LogP contribution < -0.4 is 5.32 Å². The minimum absolute atomic E-state index is 0.741. The first kappa shape index (κ1) is 16.3. The van der Waals surface area contributed by atoms with Crippen LogP contribution in [0.15, 0.2) is 0 Å². The topological polar surface area (TPSA) is 24.5 Å². The molecular formula is C14H30N2OS. The number of hydrogen-bond acceptors (Lipinski definition) is 4. The van der Waals surface area contributed by atoms with Crippen molar-refractivity contribution < 1.29 is 4.74 Å². The summed E-state index contributed by atoms with van der Waals surface area (Å²) in [4.78, 5) is 2.54.